The first-order valence-corrected chi connectivity index (χ1v) is 10.3. The summed E-state index contributed by atoms with van der Waals surface area (Å²) in [6.07, 6.45) is 3.30. The lowest BCUT2D eigenvalue weighted by atomic mass is 9.93. The van der Waals surface area contributed by atoms with Crippen LogP contribution in [0.1, 0.15) is 53.0 Å². The molecule has 1 atom stereocenters. The Balaban J connectivity index is 1.47. The number of H-pyrrole nitrogens is 1. The number of amides is 2. The SMILES string of the molecule is Cc1cc(C)c(C(=O)N2CCCC(CCC(=O)NCc3ccccc3Cl)C2)[nH]1. The smallest absolute Gasteiger partial charge is 0.270 e. The van der Waals surface area contributed by atoms with Crippen LogP contribution in [0.5, 0.6) is 0 Å². The fraction of sp³-hybridized carbons (Fsp3) is 0.455. The van der Waals surface area contributed by atoms with E-state index in [-0.39, 0.29) is 11.8 Å². The van der Waals surface area contributed by atoms with Crippen molar-refractivity contribution in [3.8, 4) is 0 Å². The van der Waals surface area contributed by atoms with Gasteiger partial charge in [-0.2, -0.15) is 0 Å². The quantitative estimate of drug-likeness (QED) is 0.760. The predicted octanol–water partition coefficient (Wildman–Crippen LogP) is 4.23. The van der Waals surface area contributed by atoms with Gasteiger partial charge in [-0.1, -0.05) is 29.8 Å². The Hall–Kier alpha value is -2.27. The van der Waals surface area contributed by atoms with Gasteiger partial charge in [0.25, 0.3) is 5.91 Å². The monoisotopic (exact) mass is 401 g/mol. The molecular weight excluding hydrogens is 374 g/mol. The lowest BCUT2D eigenvalue weighted by molar-refractivity contribution is -0.121. The highest BCUT2D eigenvalue weighted by atomic mass is 35.5. The summed E-state index contributed by atoms with van der Waals surface area (Å²) in [5.41, 5.74) is 3.60. The van der Waals surface area contributed by atoms with Crippen molar-refractivity contribution in [3.63, 3.8) is 0 Å². The van der Waals surface area contributed by atoms with E-state index in [4.69, 9.17) is 11.6 Å². The van der Waals surface area contributed by atoms with Crippen molar-refractivity contribution in [2.24, 2.45) is 5.92 Å². The van der Waals surface area contributed by atoms with Gasteiger partial charge < -0.3 is 15.2 Å². The average molecular weight is 402 g/mol. The third-order valence-corrected chi connectivity index (χ3v) is 5.75. The van der Waals surface area contributed by atoms with E-state index in [9.17, 15) is 9.59 Å². The fourth-order valence-corrected chi connectivity index (χ4v) is 4.06. The molecule has 150 valence electrons. The molecule has 0 aliphatic carbocycles. The lowest BCUT2D eigenvalue weighted by Crippen LogP contribution is -2.40. The summed E-state index contributed by atoms with van der Waals surface area (Å²) in [6.45, 7) is 5.87. The number of nitrogens with one attached hydrogen (secondary N) is 2. The Labute approximate surface area is 171 Å². The van der Waals surface area contributed by atoms with Crippen molar-refractivity contribution in [2.75, 3.05) is 13.1 Å². The van der Waals surface area contributed by atoms with E-state index >= 15 is 0 Å². The standard InChI is InChI=1S/C22H28ClN3O2/c1-15-12-16(2)25-21(15)22(28)26-11-5-6-17(14-26)9-10-20(27)24-13-18-7-3-4-8-19(18)23/h3-4,7-8,12,17,25H,5-6,9-11,13-14H2,1-2H3,(H,24,27). The van der Waals surface area contributed by atoms with E-state index in [1.165, 1.54) is 0 Å². The highest BCUT2D eigenvalue weighted by Gasteiger charge is 2.26. The summed E-state index contributed by atoms with van der Waals surface area (Å²) in [4.78, 5) is 30.1. The Bertz CT molecular complexity index is 846. The maximum Gasteiger partial charge on any atom is 0.270 e. The second-order valence-corrected chi connectivity index (χ2v) is 8.08. The third kappa shape index (κ3) is 5.16. The Morgan fingerprint density at radius 1 is 1.29 bits per heavy atom. The number of aromatic nitrogens is 1. The van der Waals surface area contributed by atoms with Gasteiger partial charge in [0.05, 0.1) is 0 Å². The van der Waals surface area contributed by atoms with Gasteiger partial charge in [-0.05, 0) is 62.3 Å². The van der Waals surface area contributed by atoms with Crippen molar-refractivity contribution >= 4 is 23.4 Å². The van der Waals surface area contributed by atoms with E-state index in [1.54, 1.807) is 0 Å². The van der Waals surface area contributed by atoms with Gasteiger partial charge in [0, 0.05) is 36.8 Å². The largest absolute Gasteiger partial charge is 0.354 e. The molecule has 28 heavy (non-hydrogen) atoms. The highest BCUT2D eigenvalue weighted by Crippen LogP contribution is 2.23. The van der Waals surface area contributed by atoms with E-state index in [0.29, 0.717) is 36.1 Å². The fourth-order valence-electron chi connectivity index (χ4n) is 3.85. The summed E-state index contributed by atoms with van der Waals surface area (Å²) < 4.78 is 0. The number of rotatable bonds is 6. The summed E-state index contributed by atoms with van der Waals surface area (Å²) in [5.74, 6) is 0.456. The van der Waals surface area contributed by atoms with Gasteiger partial charge >= 0.3 is 0 Å². The van der Waals surface area contributed by atoms with Gasteiger partial charge in [0.1, 0.15) is 5.69 Å². The first-order valence-electron chi connectivity index (χ1n) is 9.89. The van der Waals surface area contributed by atoms with Crippen LogP contribution in [0.15, 0.2) is 30.3 Å². The van der Waals surface area contributed by atoms with Crippen LogP contribution in [0, 0.1) is 19.8 Å². The first-order chi connectivity index (χ1) is 13.4. The second kappa shape index (κ2) is 9.28. The number of likely N-dealkylation sites (tertiary alicyclic amines) is 1. The van der Waals surface area contributed by atoms with Crippen LogP contribution in [0.2, 0.25) is 5.02 Å². The molecule has 1 aliphatic heterocycles. The van der Waals surface area contributed by atoms with E-state index in [1.807, 2.05) is 49.1 Å². The lowest BCUT2D eigenvalue weighted by Gasteiger charge is -2.32. The van der Waals surface area contributed by atoms with E-state index < -0.39 is 0 Å². The molecule has 1 aromatic heterocycles. The van der Waals surface area contributed by atoms with Crippen LogP contribution in [-0.2, 0) is 11.3 Å². The molecule has 1 aliphatic rings. The third-order valence-electron chi connectivity index (χ3n) is 5.38. The van der Waals surface area contributed by atoms with E-state index in [0.717, 1.165) is 42.6 Å². The zero-order chi connectivity index (χ0) is 20.1. The van der Waals surface area contributed by atoms with Gasteiger partial charge in [-0.3, -0.25) is 9.59 Å². The summed E-state index contributed by atoms with van der Waals surface area (Å²) in [6, 6.07) is 9.52. The number of hydrogen-bond acceptors (Lipinski definition) is 2. The van der Waals surface area contributed by atoms with Crippen LogP contribution in [0.3, 0.4) is 0 Å². The molecule has 1 saturated heterocycles. The molecule has 5 nitrogen and oxygen atoms in total. The molecule has 2 amide bonds. The normalized spacial score (nSPS) is 16.8. The molecule has 6 heteroatoms. The van der Waals surface area contributed by atoms with Gasteiger partial charge in [-0.15, -0.1) is 0 Å². The molecule has 1 aromatic carbocycles. The summed E-state index contributed by atoms with van der Waals surface area (Å²) in [5, 5.41) is 3.61. The number of piperidine rings is 1. The molecule has 1 fully saturated rings. The van der Waals surface area contributed by atoms with Crippen LogP contribution in [0.25, 0.3) is 0 Å². The second-order valence-electron chi connectivity index (χ2n) is 7.68. The molecule has 2 heterocycles. The molecule has 1 unspecified atom stereocenters. The van der Waals surface area contributed by atoms with Crippen LogP contribution >= 0.6 is 11.6 Å². The van der Waals surface area contributed by atoms with Crippen molar-refractivity contribution in [3.05, 3.63) is 57.9 Å². The number of carbonyl (C=O) groups excluding carboxylic acids is 2. The van der Waals surface area contributed by atoms with Crippen molar-refractivity contribution in [1.29, 1.82) is 0 Å². The summed E-state index contributed by atoms with van der Waals surface area (Å²) in [7, 11) is 0. The zero-order valence-electron chi connectivity index (χ0n) is 16.6. The predicted molar refractivity (Wildman–Crippen MR) is 111 cm³/mol. The highest BCUT2D eigenvalue weighted by molar-refractivity contribution is 6.31. The van der Waals surface area contributed by atoms with E-state index in [2.05, 4.69) is 10.3 Å². The van der Waals surface area contributed by atoms with Gasteiger partial charge in [-0.25, -0.2) is 0 Å². The number of hydrogen-bond donors (Lipinski definition) is 2. The Kier molecular flexibility index (Phi) is 6.79. The molecule has 0 radical (unpaired) electrons. The Morgan fingerprint density at radius 3 is 2.79 bits per heavy atom. The number of halogens is 1. The zero-order valence-corrected chi connectivity index (χ0v) is 17.3. The van der Waals surface area contributed by atoms with Crippen LogP contribution in [0.4, 0.5) is 0 Å². The van der Waals surface area contributed by atoms with Crippen molar-refractivity contribution in [1.82, 2.24) is 15.2 Å². The minimum Gasteiger partial charge on any atom is -0.354 e. The molecule has 0 spiro atoms. The number of carbonyl (C=O) groups is 2. The van der Waals surface area contributed by atoms with Crippen molar-refractivity contribution < 1.29 is 9.59 Å². The first kappa shape index (κ1) is 20.5. The number of benzene rings is 1. The van der Waals surface area contributed by atoms with Crippen LogP contribution < -0.4 is 5.32 Å². The maximum absolute atomic E-state index is 12.8. The minimum absolute atomic E-state index is 0.0270. The molecule has 2 N–H and O–H groups in total. The number of aryl methyl sites for hydroxylation is 2. The van der Waals surface area contributed by atoms with Crippen molar-refractivity contribution in [2.45, 2.75) is 46.1 Å². The molecule has 0 bridgehead atoms. The number of aromatic amines is 1. The topological polar surface area (TPSA) is 65.2 Å². The van der Waals surface area contributed by atoms with Crippen LogP contribution in [-0.4, -0.2) is 34.8 Å². The molecular formula is C22H28ClN3O2. The molecule has 2 aromatic rings. The van der Waals surface area contributed by atoms with Gasteiger partial charge in [0.15, 0.2) is 0 Å². The molecule has 0 saturated carbocycles. The number of nitrogens with zero attached hydrogens (tertiary/aromatic N) is 1. The maximum atomic E-state index is 12.8. The Morgan fingerprint density at radius 2 is 2.07 bits per heavy atom. The minimum atomic E-state index is 0.0270. The average Bonchev–Trinajstić information content (AvgIpc) is 3.03. The van der Waals surface area contributed by atoms with Gasteiger partial charge in [0.2, 0.25) is 5.91 Å². The molecule has 3 rings (SSSR count). The summed E-state index contributed by atoms with van der Waals surface area (Å²) >= 11 is 6.12.